The average Bonchev–Trinajstić information content (AvgIpc) is 3.22. The number of ether oxygens (including phenoxy) is 1. The Morgan fingerprint density at radius 2 is 1.76 bits per heavy atom. The molecule has 1 N–H and O–H groups in total. The van der Waals surface area contributed by atoms with Crippen LogP contribution in [0.25, 0.3) is 0 Å². The lowest BCUT2D eigenvalue weighted by atomic mass is 10.0. The number of alkyl halides is 3. The number of piperidine rings is 1. The molecular weight excluding hydrogens is 289 g/mol. The number of hydrogen-bond donors (Lipinski definition) is 1. The summed E-state index contributed by atoms with van der Waals surface area (Å²) in [7, 11) is 0. The van der Waals surface area contributed by atoms with Gasteiger partial charge in [-0.1, -0.05) is 0 Å². The molecule has 0 atom stereocenters. The summed E-state index contributed by atoms with van der Waals surface area (Å²) in [6.07, 6.45) is -1.27. The fourth-order valence-corrected chi connectivity index (χ4v) is 2.28. The first-order chi connectivity index (χ1) is 9.85. The molecule has 1 heterocycles. The van der Waals surface area contributed by atoms with Crippen LogP contribution in [0.4, 0.5) is 13.2 Å². The van der Waals surface area contributed by atoms with Crippen LogP contribution in [-0.4, -0.2) is 55.2 Å². The third kappa shape index (κ3) is 5.53. The van der Waals surface area contributed by atoms with Crippen molar-refractivity contribution in [2.24, 2.45) is 5.92 Å². The van der Waals surface area contributed by atoms with Crippen molar-refractivity contribution in [1.29, 1.82) is 0 Å². The summed E-state index contributed by atoms with van der Waals surface area (Å²) in [5, 5.41) is 2.95. The minimum Gasteiger partial charge on any atom is -0.362 e. The zero-order chi connectivity index (χ0) is 15.5. The van der Waals surface area contributed by atoms with E-state index >= 15 is 0 Å². The topological polar surface area (TPSA) is 58.6 Å². The number of carbonyl (C=O) groups excluding carboxylic acids is 2. The minimum absolute atomic E-state index is 0.0539. The quantitative estimate of drug-likeness (QED) is 0.827. The van der Waals surface area contributed by atoms with Gasteiger partial charge in [0.1, 0.15) is 13.2 Å². The Morgan fingerprint density at radius 3 is 2.29 bits per heavy atom. The number of nitrogens with one attached hydrogen (secondary N) is 1. The zero-order valence-electron chi connectivity index (χ0n) is 11.6. The van der Waals surface area contributed by atoms with Crippen molar-refractivity contribution in [3.05, 3.63) is 0 Å². The van der Waals surface area contributed by atoms with Gasteiger partial charge in [0.25, 0.3) is 0 Å². The lowest BCUT2D eigenvalue weighted by Crippen LogP contribution is -2.47. The number of carbonyl (C=O) groups is 2. The van der Waals surface area contributed by atoms with Crippen molar-refractivity contribution < 1.29 is 27.5 Å². The van der Waals surface area contributed by atoms with Crippen LogP contribution in [0.3, 0.4) is 0 Å². The lowest BCUT2D eigenvalue weighted by molar-refractivity contribution is -0.178. The molecule has 1 aliphatic carbocycles. The van der Waals surface area contributed by atoms with E-state index in [9.17, 15) is 22.8 Å². The Kier molecular flexibility index (Phi) is 5.08. The summed E-state index contributed by atoms with van der Waals surface area (Å²) in [5.41, 5.74) is 0. The van der Waals surface area contributed by atoms with Gasteiger partial charge in [0, 0.05) is 25.0 Å². The highest BCUT2D eigenvalue weighted by Gasteiger charge is 2.32. The van der Waals surface area contributed by atoms with Crippen molar-refractivity contribution in [2.75, 3.05) is 26.3 Å². The van der Waals surface area contributed by atoms with Crippen molar-refractivity contribution in [1.82, 2.24) is 10.2 Å². The highest BCUT2D eigenvalue weighted by atomic mass is 19.4. The van der Waals surface area contributed by atoms with Crippen LogP contribution in [0.1, 0.15) is 25.7 Å². The molecule has 0 unspecified atom stereocenters. The first kappa shape index (κ1) is 16.1. The first-order valence-electron chi connectivity index (χ1n) is 7.08. The summed E-state index contributed by atoms with van der Waals surface area (Å²) in [4.78, 5) is 24.8. The maximum Gasteiger partial charge on any atom is 0.411 e. The van der Waals surface area contributed by atoms with Gasteiger partial charge in [-0.15, -0.1) is 0 Å². The Morgan fingerprint density at radius 1 is 1.14 bits per heavy atom. The average molecular weight is 308 g/mol. The minimum atomic E-state index is -4.42. The summed E-state index contributed by atoms with van der Waals surface area (Å²) >= 11 is 0. The van der Waals surface area contributed by atoms with Gasteiger partial charge in [0.2, 0.25) is 11.8 Å². The van der Waals surface area contributed by atoms with E-state index in [0.29, 0.717) is 25.9 Å². The molecule has 8 heteroatoms. The van der Waals surface area contributed by atoms with Crippen LogP contribution in [0, 0.1) is 5.92 Å². The lowest BCUT2D eigenvalue weighted by Gasteiger charge is -2.32. The summed E-state index contributed by atoms with van der Waals surface area (Å²) in [6.45, 7) is -1.10. The van der Waals surface area contributed by atoms with E-state index in [-0.39, 0.29) is 17.9 Å². The molecule has 1 saturated heterocycles. The second-order valence-corrected chi connectivity index (χ2v) is 5.55. The molecule has 2 fully saturated rings. The van der Waals surface area contributed by atoms with E-state index in [0.717, 1.165) is 12.8 Å². The SMILES string of the molecule is O=C(NC1CCN(C(=O)COCC(F)(F)F)CC1)C1CC1. The number of rotatable bonds is 5. The predicted octanol–water partition coefficient (Wildman–Crippen LogP) is 1.08. The fraction of sp³-hybridized carbons (Fsp3) is 0.846. The normalized spacial score (nSPS) is 20.4. The molecule has 0 aromatic carbocycles. The Hall–Kier alpha value is -1.31. The van der Waals surface area contributed by atoms with Crippen molar-refractivity contribution in [3.8, 4) is 0 Å². The second-order valence-electron chi connectivity index (χ2n) is 5.55. The van der Waals surface area contributed by atoms with Gasteiger partial charge in [-0.3, -0.25) is 9.59 Å². The van der Waals surface area contributed by atoms with Crippen LogP contribution < -0.4 is 5.32 Å². The number of nitrogens with zero attached hydrogens (tertiary/aromatic N) is 1. The van der Waals surface area contributed by atoms with Crippen LogP contribution in [-0.2, 0) is 14.3 Å². The maximum atomic E-state index is 11.9. The Bertz CT molecular complexity index is 389. The molecular formula is C13H19F3N2O3. The predicted molar refractivity (Wildman–Crippen MR) is 67.3 cm³/mol. The van der Waals surface area contributed by atoms with Crippen LogP contribution in [0.2, 0.25) is 0 Å². The molecule has 120 valence electrons. The molecule has 1 aliphatic heterocycles. The molecule has 5 nitrogen and oxygen atoms in total. The number of likely N-dealkylation sites (tertiary alicyclic amines) is 1. The van der Waals surface area contributed by atoms with Crippen molar-refractivity contribution in [3.63, 3.8) is 0 Å². The fourth-order valence-electron chi connectivity index (χ4n) is 2.28. The zero-order valence-corrected chi connectivity index (χ0v) is 11.6. The highest BCUT2D eigenvalue weighted by molar-refractivity contribution is 5.81. The van der Waals surface area contributed by atoms with E-state index in [1.54, 1.807) is 0 Å². The summed E-state index contributed by atoms with van der Waals surface area (Å²) < 4.78 is 40.1. The highest BCUT2D eigenvalue weighted by Crippen LogP contribution is 2.29. The standard InChI is InChI=1S/C13H19F3N2O3/c14-13(15,16)8-21-7-11(19)18-5-3-10(4-6-18)17-12(20)9-1-2-9/h9-10H,1-8H2,(H,17,20). The molecule has 0 aromatic rings. The largest absolute Gasteiger partial charge is 0.411 e. The molecule has 2 rings (SSSR count). The molecule has 2 aliphatic rings. The van der Waals surface area contributed by atoms with Crippen LogP contribution >= 0.6 is 0 Å². The number of amides is 2. The van der Waals surface area contributed by atoms with Crippen LogP contribution in [0.5, 0.6) is 0 Å². The number of halogens is 3. The van der Waals surface area contributed by atoms with E-state index in [2.05, 4.69) is 10.1 Å². The molecule has 0 aromatic heterocycles. The molecule has 0 spiro atoms. The second kappa shape index (κ2) is 6.64. The number of hydrogen-bond acceptors (Lipinski definition) is 3. The molecule has 1 saturated carbocycles. The first-order valence-corrected chi connectivity index (χ1v) is 7.08. The molecule has 21 heavy (non-hydrogen) atoms. The van der Waals surface area contributed by atoms with Gasteiger partial charge in [-0.2, -0.15) is 13.2 Å². The van der Waals surface area contributed by atoms with E-state index in [4.69, 9.17) is 0 Å². The van der Waals surface area contributed by atoms with E-state index < -0.39 is 25.3 Å². The molecule has 2 amide bonds. The van der Waals surface area contributed by atoms with Gasteiger partial charge in [0.05, 0.1) is 0 Å². The Labute approximate surface area is 120 Å². The van der Waals surface area contributed by atoms with E-state index in [1.807, 2.05) is 0 Å². The van der Waals surface area contributed by atoms with Gasteiger partial charge >= 0.3 is 6.18 Å². The van der Waals surface area contributed by atoms with Crippen molar-refractivity contribution in [2.45, 2.75) is 37.9 Å². The maximum absolute atomic E-state index is 11.9. The van der Waals surface area contributed by atoms with Gasteiger partial charge in [-0.25, -0.2) is 0 Å². The van der Waals surface area contributed by atoms with Crippen LogP contribution in [0.15, 0.2) is 0 Å². The van der Waals surface area contributed by atoms with Gasteiger partial charge < -0.3 is 15.0 Å². The Balaban J connectivity index is 1.63. The van der Waals surface area contributed by atoms with Gasteiger partial charge in [0.15, 0.2) is 0 Å². The van der Waals surface area contributed by atoms with E-state index in [1.165, 1.54) is 4.90 Å². The third-order valence-corrected chi connectivity index (χ3v) is 3.63. The summed E-state index contributed by atoms with van der Waals surface area (Å²) in [5.74, 6) is -0.208. The molecule has 0 radical (unpaired) electrons. The van der Waals surface area contributed by atoms with Crippen molar-refractivity contribution >= 4 is 11.8 Å². The third-order valence-electron chi connectivity index (χ3n) is 3.63. The monoisotopic (exact) mass is 308 g/mol. The van der Waals surface area contributed by atoms with Gasteiger partial charge in [-0.05, 0) is 25.7 Å². The smallest absolute Gasteiger partial charge is 0.362 e. The summed E-state index contributed by atoms with van der Waals surface area (Å²) in [6, 6.07) is 0.0539. The molecule has 0 bridgehead atoms.